The molecule has 1 unspecified atom stereocenters. The standard InChI is InChI=1S/C28H35N3O5S/c1-5-17-29-28(33)26(6-2)31(19-21-11-14-24(36-4)15-12-21)27(32)20-30(3)37(34,35)25-16-13-22-9-7-8-10-23(22)18-25/h7-16,18,26H,5-6,17,19-20H2,1-4H3,(H,29,33). The summed E-state index contributed by atoms with van der Waals surface area (Å²) in [5.74, 6) is -0.0389. The normalized spacial score (nSPS) is 12.4. The van der Waals surface area contributed by atoms with Crippen molar-refractivity contribution in [3.8, 4) is 5.75 Å². The van der Waals surface area contributed by atoms with Crippen LogP contribution in [0.3, 0.4) is 0 Å². The Hall–Kier alpha value is -3.43. The number of methoxy groups -OCH3 is 1. The van der Waals surface area contributed by atoms with E-state index in [9.17, 15) is 18.0 Å². The number of carbonyl (C=O) groups is 2. The molecule has 0 aliphatic heterocycles. The summed E-state index contributed by atoms with van der Waals surface area (Å²) in [6.45, 7) is 4.04. The number of likely N-dealkylation sites (N-methyl/N-ethyl adjacent to an activating group) is 1. The zero-order valence-corrected chi connectivity index (χ0v) is 22.6. The number of fused-ring (bicyclic) bond motifs is 1. The van der Waals surface area contributed by atoms with Gasteiger partial charge >= 0.3 is 0 Å². The molecular weight excluding hydrogens is 490 g/mol. The minimum atomic E-state index is -3.94. The van der Waals surface area contributed by atoms with Gasteiger partial charge in [-0.15, -0.1) is 0 Å². The maximum absolute atomic E-state index is 13.6. The van der Waals surface area contributed by atoms with Crippen LogP contribution in [0.2, 0.25) is 0 Å². The second-order valence-corrected chi connectivity index (χ2v) is 10.9. The third-order valence-electron chi connectivity index (χ3n) is 6.23. The molecule has 37 heavy (non-hydrogen) atoms. The first-order valence-corrected chi connectivity index (χ1v) is 13.8. The van der Waals surface area contributed by atoms with Crippen LogP contribution in [-0.2, 0) is 26.2 Å². The average molecular weight is 526 g/mol. The summed E-state index contributed by atoms with van der Waals surface area (Å²) in [5, 5.41) is 4.58. The summed E-state index contributed by atoms with van der Waals surface area (Å²) in [6.07, 6.45) is 1.15. The van der Waals surface area contributed by atoms with Gasteiger partial charge in [-0.05, 0) is 53.4 Å². The van der Waals surface area contributed by atoms with E-state index in [0.717, 1.165) is 27.1 Å². The maximum atomic E-state index is 13.6. The number of benzene rings is 3. The summed E-state index contributed by atoms with van der Waals surface area (Å²) in [4.78, 5) is 28.1. The highest BCUT2D eigenvalue weighted by atomic mass is 32.2. The van der Waals surface area contributed by atoms with E-state index in [0.29, 0.717) is 18.7 Å². The smallest absolute Gasteiger partial charge is 0.243 e. The molecule has 0 radical (unpaired) electrons. The molecule has 3 aromatic carbocycles. The summed E-state index contributed by atoms with van der Waals surface area (Å²) in [7, 11) is -0.987. The van der Waals surface area contributed by atoms with Crippen LogP contribution in [0.25, 0.3) is 10.8 Å². The summed E-state index contributed by atoms with van der Waals surface area (Å²) >= 11 is 0. The average Bonchev–Trinajstić information content (AvgIpc) is 2.91. The highest BCUT2D eigenvalue weighted by Gasteiger charge is 2.31. The van der Waals surface area contributed by atoms with Gasteiger partial charge in [-0.25, -0.2) is 8.42 Å². The molecule has 0 aromatic heterocycles. The van der Waals surface area contributed by atoms with Gasteiger partial charge in [0.05, 0.1) is 18.6 Å². The van der Waals surface area contributed by atoms with E-state index in [2.05, 4.69) is 5.32 Å². The van der Waals surface area contributed by atoms with Gasteiger partial charge in [-0.1, -0.05) is 56.3 Å². The van der Waals surface area contributed by atoms with Crippen molar-refractivity contribution >= 4 is 32.6 Å². The lowest BCUT2D eigenvalue weighted by molar-refractivity contribution is -0.141. The molecule has 0 fully saturated rings. The van der Waals surface area contributed by atoms with Gasteiger partial charge in [-0.3, -0.25) is 9.59 Å². The van der Waals surface area contributed by atoms with E-state index in [1.807, 2.05) is 50.2 Å². The van der Waals surface area contributed by atoms with Crippen molar-refractivity contribution in [2.75, 3.05) is 27.2 Å². The zero-order valence-electron chi connectivity index (χ0n) is 21.8. The number of nitrogens with one attached hydrogen (secondary N) is 1. The Bertz CT molecular complexity index is 1330. The molecule has 1 atom stereocenters. The zero-order chi connectivity index (χ0) is 27.0. The van der Waals surface area contributed by atoms with Crippen LogP contribution in [0, 0.1) is 0 Å². The predicted octanol–water partition coefficient (Wildman–Crippen LogP) is 3.80. The van der Waals surface area contributed by atoms with Crippen LogP contribution in [0.15, 0.2) is 71.6 Å². The van der Waals surface area contributed by atoms with Gasteiger partial charge in [0, 0.05) is 20.1 Å². The van der Waals surface area contributed by atoms with Crippen LogP contribution in [0.4, 0.5) is 0 Å². The van der Waals surface area contributed by atoms with Gasteiger partial charge in [0.2, 0.25) is 21.8 Å². The number of sulfonamides is 1. The van der Waals surface area contributed by atoms with Crippen LogP contribution in [-0.4, -0.2) is 62.7 Å². The topological polar surface area (TPSA) is 96.0 Å². The minimum absolute atomic E-state index is 0.107. The Labute approximate surface area is 219 Å². The molecule has 198 valence electrons. The molecule has 0 spiro atoms. The number of nitrogens with zero attached hydrogens (tertiary/aromatic N) is 2. The molecule has 0 bridgehead atoms. The Morgan fingerprint density at radius 2 is 1.65 bits per heavy atom. The maximum Gasteiger partial charge on any atom is 0.243 e. The largest absolute Gasteiger partial charge is 0.497 e. The van der Waals surface area contributed by atoms with E-state index in [4.69, 9.17) is 4.74 Å². The Balaban J connectivity index is 1.86. The molecule has 0 aliphatic carbocycles. The monoisotopic (exact) mass is 525 g/mol. The first-order chi connectivity index (χ1) is 17.7. The number of carbonyl (C=O) groups excluding carboxylic acids is 2. The Morgan fingerprint density at radius 3 is 2.27 bits per heavy atom. The molecule has 0 heterocycles. The second kappa shape index (κ2) is 12.7. The number of hydrogen-bond acceptors (Lipinski definition) is 5. The molecule has 3 rings (SSSR count). The van der Waals surface area contributed by atoms with E-state index in [-0.39, 0.29) is 17.3 Å². The van der Waals surface area contributed by atoms with E-state index in [1.54, 1.807) is 37.4 Å². The molecule has 0 saturated heterocycles. The number of ether oxygens (including phenoxy) is 1. The van der Waals surface area contributed by atoms with Crippen molar-refractivity contribution in [3.63, 3.8) is 0 Å². The van der Waals surface area contributed by atoms with E-state index in [1.165, 1.54) is 11.9 Å². The fourth-order valence-corrected chi connectivity index (χ4v) is 5.24. The molecule has 9 heteroatoms. The lowest BCUT2D eigenvalue weighted by atomic mass is 10.1. The third kappa shape index (κ3) is 6.87. The van der Waals surface area contributed by atoms with Gasteiger partial charge in [0.25, 0.3) is 0 Å². The lowest BCUT2D eigenvalue weighted by Crippen LogP contribution is -2.51. The highest BCUT2D eigenvalue weighted by Crippen LogP contribution is 2.22. The molecular formula is C28H35N3O5S. The summed E-state index contributed by atoms with van der Waals surface area (Å²) in [6, 6.07) is 18.9. The van der Waals surface area contributed by atoms with Crippen LogP contribution in [0.1, 0.15) is 32.3 Å². The SMILES string of the molecule is CCCNC(=O)C(CC)N(Cc1ccc(OC)cc1)C(=O)CN(C)S(=O)(=O)c1ccc2ccccc2c1. The number of hydrogen-bond donors (Lipinski definition) is 1. The van der Waals surface area contributed by atoms with Crippen LogP contribution in [0.5, 0.6) is 5.75 Å². The third-order valence-corrected chi connectivity index (χ3v) is 8.03. The van der Waals surface area contributed by atoms with Crippen molar-refractivity contribution in [1.82, 2.24) is 14.5 Å². The molecule has 8 nitrogen and oxygen atoms in total. The Kier molecular flexibility index (Phi) is 9.66. The fraction of sp³-hybridized carbons (Fsp3) is 0.357. The van der Waals surface area contributed by atoms with Gasteiger partial charge < -0.3 is 15.0 Å². The van der Waals surface area contributed by atoms with Crippen LogP contribution >= 0.6 is 0 Å². The lowest BCUT2D eigenvalue weighted by Gasteiger charge is -2.32. The van der Waals surface area contributed by atoms with Crippen molar-refractivity contribution in [3.05, 3.63) is 72.3 Å². The van der Waals surface area contributed by atoms with Gasteiger partial charge in [-0.2, -0.15) is 4.31 Å². The first kappa shape index (κ1) is 28.1. The van der Waals surface area contributed by atoms with Gasteiger partial charge in [0.1, 0.15) is 11.8 Å². The van der Waals surface area contributed by atoms with Crippen molar-refractivity contribution < 1.29 is 22.7 Å². The summed E-state index contributed by atoms with van der Waals surface area (Å²) < 4.78 is 32.9. The predicted molar refractivity (Wildman–Crippen MR) is 145 cm³/mol. The van der Waals surface area contributed by atoms with E-state index < -0.39 is 28.5 Å². The van der Waals surface area contributed by atoms with Gasteiger partial charge in [0.15, 0.2) is 0 Å². The summed E-state index contributed by atoms with van der Waals surface area (Å²) in [5.41, 5.74) is 0.802. The van der Waals surface area contributed by atoms with E-state index >= 15 is 0 Å². The Morgan fingerprint density at radius 1 is 0.973 bits per heavy atom. The number of amides is 2. The molecule has 0 aliphatic rings. The van der Waals surface area contributed by atoms with Crippen molar-refractivity contribution in [1.29, 1.82) is 0 Å². The fourth-order valence-electron chi connectivity index (χ4n) is 4.09. The molecule has 1 N–H and O–H groups in total. The van der Waals surface area contributed by atoms with Crippen molar-refractivity contribution in [2.24, 2.45) is 0 Å². The molecule has 3 aromatic rings. The first-order valence-electron chi connectivity index (χ1n) is 12.4. The highest BCUT2D eigenvalue weighted by molar-refractivity contribution is 7.89. The minimum Gasteiger partial charge on any atom is -0.497 e. The number of rotatable bonds is 12. The molecule has 0 saturated carbocycles. The quantitative estimate of drug-likeness (QED) is 0.388. The second-order valence-electron chi connectivity index (χ2n) is 8.85. The van der Waals surface area contributed by atoms with Crippen molar-refractivity contribution in [2.45, 2.75) is 44.2 Å². The molecule has 2 amide bonds. The van der Waals surface area contributed by atoms with Crippen LogP contribution < -0.4 is 10.1 Å².